The number of aryl methyl sites for hydroxylation is 1. The summed E-state index contributed by atoms with van der Waals surface area (Å²) >= 11 is 0. The zero-order valence-corrected chi connectivity index (χ0v) is 17.1. The number of benzene rings is 1. The first-order chi connectivity index (χ1) is 14.5. The molecule has 0 aliphatic carbocycles. The van der Waals surface area contributed by atoms with E-state index < -0.39 is 0 Å². The van der Waals surface area contributed by atoms with Crippen LogP contribution in [-0.4, -0.2) is 54.3 Å². The van der Waals surface area contributed by atoms with Crippen LogP contribution in [0.1, 0.15) is 33.5 Å². The number of imidazole rings is 1. The molecule has 0 bridgehead atoms. The van der Waals surface area contributed by atoms with Gasteiger partial charge in [0.1, 0.15) is 5.69 Å². The van der Waals surface area contributed by atoms with Gasteiger partial charge in [0.25, 0.3) is 5.91 Å². The number of ketones is 1. The second-order valence-corrected chi connectivity index (χ2v) is 7.10. The molecule has 0 aliphatic heterocycles. The summed E-state index contributed by atoms with van der Waals surface area (Å²) in [6, 6.07) is 11.6. The molecule has 0 unspecified atom stereocenters. The van der Waals surface area contributed by atoms with E-state index in [9.17, 15) is 9.59 Å². The van der Waals surface area contributed by atoms with Crippen LogP contribution in [0.3, 0.4) is 0 Å². The minimum Gasteiger partial charge on any atom is -0.342 e. The Bertz CT molecular complexity index is 1230. The predicted octanol–water partition coefficient (Wildman–Crippen LogP) is 2.65. The quantitative estimate of drug-likeness (QED) is 0.463. The van der Waals surface area contributed by atoms with Crippen molar-refractivity contribution in [2.24, 2.45) is 7.05 Å². The molecule has 0 saturated heterocycles. The first kappa shape index (κ1) is 19.5. The number of rotatable bonds is 6. The van der Waals surface area contributed by atoms with Crippen LogP contribution in [0.5, 0.6) is 0 Å². The molecule has 3 heterocycles. The maximum Gasteiger partial charge on any atom is 0.257 e. The third kappa shape index (κ3) is 3.71. The maximum atomic E-state index is 12.9. The standard InChI is InChI=1S/C22H22N6O2/c1-4-26(2)21(30)17-13-27(3)25-20(17)19(29)12-16-10-11-28-14-18(24-22(28)23-16)15-8-6-5-7-9-15/h5-11,13-14H,4,12H2,1-3H3. The fraction of sp³-hybridized carbons (Fsp3) is 0.227. The molecule has 0 N–H and O–H groups in total. The van der Waals surface area contributed by atoms with Gasteiger partial charge < -0.3 is 4.90 Å². The molecule has 0 radical (unpaired) electrons. The Morgan fingerprint density at radius 3 is 2.57 bits per heavy atom. The first-order valence-corrected chi connectivity index (χ1v) is 9.68. The minimum atomic E-state index is -0.254. The summed E-state index contributed by atoms with van der Waals surface area (Å²) in [5.41, 5.74) is 2.85. The number of aromatic nitrogens is 5. The highest BCUT2D eigenvalue weighted by Gasteiger charge is 2.24. The average Bonchev–Trinajstić information content (AvgIpc) is 3.36. The molecule has 1 amide bonds. The van der Waals surface area contributed by atoms with Gasteiger partial charge >= 0.3 is 0 Å². The highest BCUT2D eigenvalue weighted by molar-refractivity contribution is 6.07. The highest BCUT2D eigenvalue weighted by atomic mass is 16.2. The largest absolute Gasteiger partial charge is 0.342 e. The zero-order chi connectivity index (χ0) is 21.3. The van der Waals surface area contributed by atoms with E-state index >= 15 is 0 Å². The molecular formula is C22H22N6O2. The van der Waals surface area contributed by atoms with Crippen LogP contribution in [-0.2, 0) is 13.5 Å². The minimum absolute atomic E-state index is 0.0389. The predicted molar refractivity (Wildman–Crippen MR) is 112 cm³/mol. The molecule has 0 atom stereocenters. The summed E-state index contributed by atoms with van der Waals surface area (Å²) in [4.78, 5) is 36.1. The fourth-order valence-electron chi connectivity index (χ4n) is 3.20. The molecule has 1 aromatic carbocycles. The zero-order valence-electron chi connectivity index (χ0n) is 17.1. The molecule has 0 spiro atoms. The van der Waals surface area contributed by atoms with Crippen LogP contribution >= 0.6 is 0 Å². The fourth-order valence-corrected chi connectivity index (χ4v) is 3.20. The van der Waals surface area contributed by atoms with Crippen LogP contribution in [0.2, 0.25) is 0 Å². The number of carbonyl (C=O) groups excluding carboxylic acids is 2. The van der Waals surface area contributed by atoms with Crippen molar-refractivity contribution in [3.8, 4) is 11.3 Å². The number of fused-ring (bicyclic) bond motifs is 1. The van der Waals surface area contributed by atoms with Gasteiger partial charge in [0.15, 0.2) is 5.78 Å². The van der Waals surface area contributed by atoms with Crippen molar-refractivity contribution in [2.45, 2.75) is 13.3 Å². The number of Topliss-reactive ketones (excluding diaryl/α,β-unsaturated/α-hetero) is 1. The van der Waals surface area contributed by atoms with Crippen molar-refractivity contribution < 1.29 is 9.59 Å². The lowest BCUT2D eigenvalue weighted by atomic mass is 10.1. The van der Waals surface area contributed by atoms with Gasteiger partial charge in [0, 0.05) is 44.8 Å². The van der Waals surface area contributed by atoms with Gasteiger partial charge in [-0.3, -0.25) is 18.7 Å². The van der Waals surface area contributed by atoms with E-state index in [1.165, 1.54) is 4.68 Å². The van der Waals surface area contributed by atoms with E-state index in [0.29, 0.717) is 23.6 Å². The molecule has 4 rings (SSSR count). The Labute approximate surface area is 173 Å². The van der Waals surface area contributed by atoms with Crippen LogP contribution in [0.25, 0.3) is 17.0 Å². The number of nitrogens with zero attached hydrogens (tertiary/aromatic N) is 6. The second kappa shape index (κ2) is 7.90. The second-order valence-electron chi connectivity index (χ2n) is 7.10. The Morgan fingerprint density at radius 2 is 1.83 bits per heavy atom. The van der Waals surface area contributed by atoms with Crippen molar-refractivity contribution in [3.63, 3.8) is 0 Å². The molecular weight excluding hydrogens is 380 g/mol. The Kier molecular flexibility index (Phi) is 5.14. The molecule has 3 aromatic heterocycles. The highest BCUT2D eigenvalue weighted by Crippen LogP contribution is 2.18. The van der Waals surface area contributed by atoms with E-state index in [1.807, 2.05) is 54.0 Å². The normalized spacial score (nSPS) is 11.0. The van der Waals surface area contributed by atoms with E-state index in [0.717, 1.165) is 11.3 Å². The van der Waals surface area contributed by atoms with Crippen LogP contribution in [0, 0.1) is 0 Å². The summed E-state index contributed by atoms with van der Waals surface area (Å²) in [6.45, 7) is 2.42. The van der Waals surface area contributed by atoms with E-state index in [4.69, 9.17) is 0 Å². The number of amides is 1. The average molecular weight is 402 g/mol. The molecule has 0 aliphatic rings. The van der Waals surface area contributed by atoms with Crippen molar-refractivity contribution in [1.82, 2.24) is 29.0 Å². The summed E-state index contributed by atoms with van der Waals surface area (Å²) < 4.78 is 3.31. The molecule has 30 heavy (non-hydrogen) atoms. The Morgan fingerprint density at radius 1 is 1.07 bits per heavy atom. The molecule has 4 aromatic rings. The number of hydrogen-bond acceptors (Lipinski definition) is 5. The van der Waals surface area contributed by atoms with Crippen LogP contribution < -0.4 is 0 Å². The van der Waals surface area contributed by atoms with Crippen molar-refractivity contribution >= 4 is 17.5 Å². The summed E-state index contributed by atoms with van der Waals surface area (Å²) in [7, 11) is 3.39. The smallest absolute Gasteiger partial charge is 0.257 e. The summed E-state index contributed by atoms with van der Waals surface area (Å²) in [6.07, 6.45) is 5.36. The van der Waals surface area contributed by atoms with E-state index in [2.05, 4.69) is 15.1 Å². The molecule has 8 nitrogen and oxygen atoms in total. The van der Waals surface area contributed by atoms with Gasteiger partial charge in [0.05, 0.1) is 23.4 Å². The van der Waals surface area contributed by atoms with Gasteiger partial charge in [0.2, 0.25) is 5.78 Å². The van der Waals surface area contributed by atoms with E-state index in [-0.39, 0.29) is 23.8 Å². The molecule has 152 valence electrons. The van der Waals surface area contributed by atoms with Gasteiger partial charge in [-0.25, -0.2) is 9.97 Å². The maximum absolute atomic E-state index is 12.9. The Balaban J connectivity index is 1.60. The van der Waals surface area contributed by atoms with Crippen LogP contribution in [0.15, 0.2) is 55.0 Å². The number of carbonyl (C=O) groups is 2. The lowest BCUT2D eigenvalue weighted by molar-refractivity contribution is 0.0796. The SMILES string of the molecule is CCN(C)C(=O)c1cn(C)nc1C(=O)Cc1ccn2cc(-c3ccccc3)nc2n1. The molecule has 8 heteroatoms. The first-order valence-electron chi connectivity index (χ1n) is 9.68. The molecule has 0 saturated carbocycles. The van der Waals surface area contributed by atoms with Gasteiger partial charge in [-0.1, -0.05) is 30.3 Å². The monoisotopic (exact) mass is 402 g/mol. The van der Waals surface area contributed by atoms with Crippen molar-refractivity contribution in [2.75, 3.05) is 13.6 Å². The van der Waals surface area contributed by atoms with Crippen LogP contribution in [0.4, 0.5) is 0 Å². The van der Waals surface area contributed by atoms with Gasteiger partial charge in [-0.15, -0.1) is 0 Å². The Hall–Kier alpha value is -3.81. The lowest BCUT2D eigenvalue weighted by Crippen LogP contribution is -2.27. The third-order valence-electron chi connectivity index (χ3n) is 4.94. The van der Waals surface area contributed by atoms with Gasteiger partial charge in [-0.05, 0) is 13.0 Å². The summed E-state index contributed by atoms with van der Waals surface area (Å²) in [5.74, 6) is 0.0375. The topological polar surface area (TPSA) is 85.4 Å². The van der Waals surface area contributed by atoms with Crippen molar-refractivity contribution in [1.29, 1.82) is 0 Å². The van der Waals surface area contributed by atoms with E-state index in [1.54, 1.807) is 31.3 Å². The summed E-state index contributed by atoms with van der Waals surface area (Å²) in [5, 5.41) is 4.22. The number of hydrogen-bond donors (Lipinski definition) is 0. The van der Waals surface area contributed by atoms with Crippen molar-refractivity contribution in [3.05, 3.63) is 71.9 Å². The lowest BCUT2D eigenvalue weighted by Gasteiger charge is -2.13. The molecule has 0 fully saturated rings. The third-order valence-corrected chi connectivity index (χ3v) is 4.94. The van der Waals surface area contributed by atoms with Gasteiger partial charge in [-0.2, -0.15) is 5.10 Å².